The summed E-state index contributed by atoms with van der Waals surface area (Å²) in [5, 5.41) is 4.10. The number of nitrogens with zero attached hydrogens (tertiary/aromatic N) is 3. The van der Waals surface area contributed by atoms with E-state index < -0.39 is 0 Å². The van der Waals surface area contributed by atoms with Crippen LogP contribution >= 0.6 is 0 Å². The normalized spacial score (nSPS) is 16.8. The molecule has 2 heterocycles. The molecule has 26 heavy (non-hydrogen) atoms. The highest BCUT2D eigenvalue weighted by atomic mass is 16.5. The molecular formula is C20H27N3O3. The van der Waals surface area contributed by atoms with Gasteiger partial charge in [-0.2, -0.15) is 4.98 Å². The summed E-state index contributed by atoms with van der Waals surface area (Å²) in [7, 11) is 1.63. The molecule has 0 radical (unpaired) electrons. The van der Waals surface area contributed by atoms with Crippen molar-refractivity contribution in [2.24, 2.45) is 0 Å². The van der Waals surface area contributed by atoms with Gasteiger partial charge in [0.1, 0.15) is 11.8 Å². The van der Waals surface area contributed by atoms with Gasteiger partial charge in [0.05, 0.1) is 7.11 Å². The van der Waals surface area contributed by atoms with Gasteiger partial charge in [-0.05, 0) is 43.5 Å². The minimum absolute atomic E-state index is 0.0897. The molecule has 1 amide bonds. The third-order valence-corrected chi connectivity index (χ3v) is 4.89. The van der Waals surface area contributed by atoms with E-state index in [0.29, 0.717) is 18.1 Å². The molecule has 1 aromatic carbocycles. The summed E-state index contributed by atoms with van der Waals surface area (Å²) in [4.78, 5) is 19.0. The Hall–Kier alpha value is -2.37. The lowest BCUT2D eigenvalue weighted by Gasteiger charge is -2.21. The van der Waals surface area contributed by atoms with Gasteiger partial charge in [0, 0.05) is 18.5 Å². The molecule has 3 rings (SSSR count). The number of hydrogen-bond donors (Lipinski definition) is 0. The lowest BCUT2D eigenvalue weighted by Crippen LogP contribution is -2.30. The second kappa shape index (κ2) is 8.83. The van der Waals surface area contributed by atoms with E-state index >= 15 is 0 Å². The van der Waals surface area contributed by atoms with Crippen LogP contribution in [0, 0.1) is 0 Å². The Balaban J connectivity index is 1.66. The lowest BCUT2D eigenvalue weighted by molar-refractivity contribution is -0.132. The highest BCUT2D eigenvalue weighted by molar-refractivity contribution is 5.76. The predicted octanol–water partition coefficient (Wildman–Crippen LogP) is 4.38. The molecule has 2 aromatic rings. The second-order valence-electron chi connectivity index (χ2n) is 6.74. The first-order valence-corrected chi connectivity index (χ1v) is 9.50. The van der Waals surface area contributed by atoms with Gasteiger partial charge in [0.15, 0.2) is 0 Å². The molecule has 1 unspecified atom stereocenters. The topological polar surface area (TPSA) is 68.5 Å². The number of unbranched alkanes of at least 4 members (excludes halogenated alkanes) is 3. The zero-order valence-corrected chi connectivity index (χ0v) is 15.6. The monoisotopic (exact) mass is 357 g/mol. The third kappa shape index (κ3) is 4.23. The summed E-state index contributed by atoms with van der Waals surface area (Å²) in [6.07, 6.45) is 6.90. The first kappa shape index (κ1) is 18.4. The van der Waals surface area contributed by atoms with E-state index in [2.05, 4.69) is 17.1 Å². The SMILES string of the molecule is CCCCCCC(=O)N1CCCC1c1nc(-c2ccc(OC)cc2)no1. The molecular weight excluding hydrogens is 330 g/mol. The van der Waals surface area contributed by atoms with Gasteiger partial charge >= 0.3 is 0 Å². The molecule has 1 saturated heterocycles. The standard InChI is InChI=1S/C20H27N3O3/c1-3-4-5-6-9-18(24)23-14-7-8-17(23)20-21-19(22-26-20)15-10-12-16(25-2)13-11-15/h10-13,17H,3-9,14H2,1-2H3. The number of carbonyl (C=O) groups excluding carboxylic acids is 1. The molecule has 0 aliphatic carbocycles. The van der Waals surface area contributed by atoms with Gasteiger partial charge in [0.25, 0.3) is 0 Å². The van der Waals surface area contributed by atoms with Crippen LogP contribution in [0.5, 0.6) is 5.75 Å². The highest BCUT2D eigenvalue weighted by Crippen LogP contribution is 2.33. The van der Waals surface area contributed by atoms with Gasteiger partial charge < -0.3 is 14.2 Å². The van der Waals surface area contributed by atoms with Crippen LogP contribution in [0.3, 0.4) is 0 Å². The van der Waals surface area contributed by atoms with Crippen molar-refractivity contribution in [1.82, 2.24) is 15.0 Å². The summed E-state index contributed by atoms with van der Waals surface area (Å²) in [6.45, 7) is 2.95. The molecule has 6 heteroatoms. The number of aromatic nitrogens is 2. The summed E-state index contributed by atoms with van der Waals surface area (Å²) in [5.74, 6) is 2.07. The van der Waals surface area contributed by atoms with Crippen molar-refractivity contribution in [3.8, 4) is 17.1 Å². The molecule has 6 nitrogen and oxygen atoms in total. The van der Waals surface area contributed by atoms with Crippen LogP contribution in [-0.2, 0) is 4.79 Å². The first-order chi connectivity index (χ1) is 12.7. The van der Waals surface area contributed by atoms with E-state index in [1.165, 1.54) is 12.8 Å². The van der Waals surface area contributed by atoms with E-state index in [1.807, 2.05) is 29.2 Å². The summed E-state index contributed by atoms with van der Waals surface area (Å²) < 4.78 is 10.7. The van der Waals surface area contributed by atoms with Crippen LogP contribution in [0.1, 0.15) is 63.8 Å². The van der Waals surface area contributed by atoms with Crippen molar-refractivity contribution in [3.05, 3.63) is 30.2 Å². The predicted molar refractivity (Wildman–Crippen MR) is 98.7 cm³/mol. The Bertz CT molecular complexity index is 711. The quantitative estimate of drug-likeness (QED) is 0.656. The van der Waals surface area contributed by atoms with E-state index in [1.54, 1.807) is 7.11 Å². The Morgan fingerprint density at radius 1 is 1.27 bits per heavy atom. The van der Waals surface area contributed by atoms with E-state index in [0.717, 1.165) is 43.5 Å². The number of rotatable bonds is 8. The smallest absolute Gasteiger partial charge is 0.249 e. The average molecular weight is 357 g/mol. The molecule has 0 bridgehead atoms. The molecule has 1 atom stereocenters. The number of benzene rings is 1. The second-order valence-corrected chi connectivity index (χ2v) is 6.74. The van der Waals surface area contributed by atoms with Crippen LogP contribution in [0.2, 0.25) is 0 Å². The van der Waals surface area contributed by atoms with Gasteiger partial charge in [-0.25, -0.2) is 0 Å². The fraction of sp³-hybridized carbons (Fsp3) is 0.550. The van der Waals surface area contributed by atoms with Crippen molar-refractivity contribution < 1.29 is 14.1 Å². The fourth-order valence-corrected chi connectivity index (χ4v) is 3.40. The number of amides is 1. The van der Waals surface area contributed by atoms with Crippen LogP contribution in [-0.4, -0.2) is 34.6 Å². The lowest BCUT2D eigenvalue weighted by atomic mass is 10.1. The largest absolute Gasteiger partial charge is 0.497 e. The maximum Gasteiger partial charge on any atom is 0.249 e. The van der Waals surface area contributed by atoms with Crippen LogP contribution < -0.4 is 4.74 Å². The minimum atomic E-state index is -0.0897. The van der Waals surface area contributed by atoms with Crippen LogP contribution in [0.25, 0.3) is 11.4 Å². The zero-order valence-electron chi connectivity index (χ0n) is 15.6. The maximum absolute atomic E-state index is 12.6. The molecule has 0 N–H and O–H groups in total. The van der Waals surface area contributed by atoms with Crippen molar-refractivity contribution in [2.75, 3.05) is 13.7 Å². The van der Waals surface area contributed by atoms with Crippen molar-refractivity contribution in [1.29, 1.82) is 0 Å². The van der Waals surface area contributed by atoms with Gasteiger partial charge in [-0.1, -0.05) is 31.3 Å². The van der Waals surface area contributed by atoms with E-state index in [-0.39, 0.29) is 11.9 Å². The molecule has 140 valence electrons. The zero-order chi connectivity index (χ0) is 18.4. The average Bonchev–Trinajstić information content (AvgIpc) is 3.34. The van der Waals surface area contributed by atoms with E-state index in [9.17, 15) is 4.79 Å². The Kier molecular flexibility index (Phi) is 6.26. The van der Waals surface area contributed by atoms with Crippen LogP contribution in [0.15, 0.2) is 28.8 Å². The molecule has 1 aliphatic heterocycles. The molecule has 0 saturated carbocycles. The summed E-state index contributed by atoms with van der Waals surface area (Å²) in [6, 6.07) is 7.45. The number of hydrogen-bond acceptors (Lipinski definition) is 5. The van der Waals surface area contributed by atoms with Crippen molar-refractivity contribution in [3.63, 3.8) is 0 Å². The Morgan fingerprint density at radius 2 is 2.08 bits per heavy atom. The number of carbonyl (C=O) groups is 1. The first-order valence-electron chi connectivity index (χ1n) is 9.50. The van der Waals surface area contributed by atoms with Gasteiger partial charge in [-0.3, -0.25) is 4.79 Å². The third-order valence-electron chi connectivity index (χ3n) is 4.89. The van der Waals surface area contributed by atoms with Gasteiger partial charge in [0.2, 0.25) is 17.6 Å². The fourth-order valence-electron chi connectivity index (χ4n) is 3.40. The summed E-state index contributed by atoms with van der Waals surface area (Å²) in [5.41, 5.74) is 0.872. The Labute approximate surface area is 154 Å². The van der Waals surface area contributed by atoms with Gasteiger partial charge in [-0.15, -0.1) is 0 Å². The number of likely N-dealkylation sites (tertiary alicyclic amines) is 1. The van der Waals surface area contributed by atoms with E-state index in [4.69, 9.17) is 9.26 Å². The Morgan fingerprint density at radius 3 is 2.81 bits per heavy atom. The highest BCUT2D eigenvalue weighted by Gasteiger charge is 2.33. The van der Waals surface area contributed by atoms with Crippen LogP contribution in [0.4, 0.5) is 0 Å². The molecule has 1 fully saturated rings. The number of methoxy groups -OCH3 is 1. The van der Waals surface area contributed by atoms with Crippen molar-refractivity contribution >= 4 is 5.91 Å². The molecule has 1 aromatic heterocycles. The van der Waals surface area contributed by atoms with Crippen molar-refractivity contribution in [2.45, 2.75) is 57.9 Å². The minimum Gasteiger partial charge on any atom is -0.497 e. The molecule has 0 spiro atoms. The number of ether oxygens (including phenoxy) is 1. The molecule has 1 aliphatic rings. The summed E-state index contributed by atoms with van der Waals surface area (Å²) >= 11 is 0. The maximum atomic E-state index is 12.6.